The van der Waals surface area contributed by atoms with Crippen molar-refractivity contribution in [2.75, 3.05) is 13.2 Å². The van der Waals surface area contributed by atoms with Gasteiger partial charge in [0.2, 0.25) is 0 Å². The second-order valence-electron chi connectivity index (χ2n) is 5.11. The Bertz CT molecular complexity index is 427. The first-order chi connectivity index (χ1) is 8.65. The molecule has 1 aromatic carbocycles. The lowest BCUT2D eigenvalue weighted by molar-refractivity contribution is -0.118. The molecule has 1 heterocycles. The topological polar surface area (TPSA) is 38.3 Å². The predicted octanol–water partition coefficient (Wildman–Crippen LogP) is 2.12. The van der Waals surface area contributed by atoms with E-state index in [4.69, 9.17) is 4.74 Å². The van der Waals surface area contributed by atoms with Crippen molar-refractivity contribution in [2.45, 2.75) is 39.2 Å². The maximum absolute atomic E-state index is 11.7. The molecule has 18 heavy (non-hydrogen) atoms. The van der Waals surface area contributed by atoms with Crippen LogP contribution in [0, 0.1) is 0 Å². The van der Waals surface area contributed by atoms with Gasteiger partial charge in [-0.2, -0.15) is 0 Å². The van der Waals surface area contributed by atoms with Gasteiger partial charge in [-0.1, -0.05) is 26.0 Å². The van der Waals surface area contributed by atoms with Crippen LogP contribution >= 0.6 is 0 Å². The fourth-order valence-corrected chi connectivity index (χ4v) is 2.09. The summed E-state index contributed by atoms with van der Waals surface area (Å²) in [6.45, 7) is 5.36. The van der Waals surface area contributed by atoms with Crippen LogP contribution < -0.4 is 10.1 Å². The summed E-state index contributed by atoms with van der Waals surface area (Å²) in [5.74, 6) is 1.28. The van der Waals surface area contributed by atoms with E-state index in [1.165, 1.54) is 11.1 Å². The molecular weight excluding hydrogens is 226 g/mol. The van der Waals surface area contributed by atoms with E-state index in [0.717, 1.165) is 25.2 Å². The van der Waals surface area contributed by atoms with Gasteiger partial charge in [-0.05, 0) is 23.6 Å². The molecule has 0 radical (unpaired) electrons. The molecule has 3 heteroatoms. The number of nitrogens with one attached hydrogen (secondary N) is 1. The van der Waals surface area contributed by atoms with Crippen LogP contribution in [0.4, 0.5) is 0 Å². The minimum Gasteiger partial charge on any atom is -0.493 e. The number of carbonyl (C=O) groups is 1. The van der Waals surface area contributed by atoms with Gasteiger partial charge in [0, 0.05) is 18.9 Å². The lowest BCUT2D eigenvalue weighted by Crippen LogP contribution is -2.29. The first-order valence-electron chi connectivity index (χ1n) is 6.65. The van der Waals surface area contributed by atoms with Gasteiger partial charge in [-0.25, -0.2) is 0 Å². The molecule has 1 aromatic rings. The van der Waals surface area contributed by atoms with E-state index < -0.39 is 0 Å². The quantitative estimate of drug-likeness (QED) is 0.837. The summed E-state index contributed by atoms with van der Waals surface area (Å²) in [5, 5.41) is 3.15. The number of hydrogen-bond acceptors (Lipinski definition) is 3. The maximum atomic E-state index is 11.7. The van der Waals surface area contributed by atoms with Crippen LogP contribution in [0.15, 0.2) is 18.2 Å². The second-order valence-corrected chi connectivity index (χ2v) is 5.11. The van der Waals surface area contributed by atoms with Crippen molar-refractivity contribution in [1.29, 1.82) is 0 Å². The highest BCUT2D eigenvalue weighted by molar-refractivity contribution is 5.80. The molecule has 2 rings (SSSR count). The number of ether oxygens (including phenoxy) is 1. The van der Waals surface area contributed by atoms with Gasteiger partial charge in [0.15, 0.2) is 0 Å². The van der Waals surface area contributed by atoms with E-state index in [1.54, 1.807) is 0 Å². The predicted molar refractivity (Wildman–Crippen MR) is 72.1 cm³/mol. The fraction of sp³-hybridized carbons (Fsp3) is 0.533. The number of ketones is 1. The van der Waals surface area contributed by atoms with Crippen LogP contribution in [0.2, 0.25) is 0 Å². The summed E-state index contributed by atoms with van der Waals surface area (Å²) in [4.78, 5) is 11.7. The van der Waals surface area contributed by atoms with Gasteiger partial charge in [0.25, 0.3) is 0 Å². The number of carbonyl (C=O) groups excluding carboxylic acids is 1. The van der Waals surface area contributed by atoms with Crippen LogP contribution in [-0.2, 0) is 17.6 Å². The highest BCUT2D eigenvalue weighted by Gasteiger charge is 2.12. The molecule has 0 aliphatic carbocycles. The highest BCUT2D eigenvalue weighted by Crippen LogP contribution is 2.26. The summed E-state index contributed by atoms with van der Waals surface area (Å²) in [5.41, 5.74) is 2.51. The minimum absolute atomic E-state index is 0.278. The Balaban J connectivity index is 1.81. The van der Waals surface area contributed by atoms with E-state index in [0.29, 0.717) is 19.0 Å². The molecule has 3 nitrogen and oxygen atoms in total. The smallest absolute Gasteiger partial charge is 0.146 e. The Morgan fingerprint density at radius 2 is 2.28 bits per heavy atom. The number of fused-ring (bicyclic) bond motifs is 1. The molecule has 0 amide bonds. The van der Waals surface area contributed by atoms with Crippen molar-refractivity contribution in [1.82, 2.24) is 5.32 Å². The normalized spacial score (nSPS) is 13.5. The van der Waals surface area contributed by atoms with E-state index in [1.807, 2.05) is 19.9 Å². The van der Waals surface area contributed by atoms with E-state index in [2.05, 4.69) is 17.4 Å². The maximum Gasteiger partial charge on any atom is 0.146 e. The molecular formula is C15H21NO2. The Labute approximate surface area is 109 Å². The minimum atomic E-state index is 0.278. The number of benzene rings is 1. The number of hydrogen-bond donors (Lipinski definition) is 1. The summed E-state index contributed by atoms with van der Waals surface area (Å²) < 4.78 is 5.47. The fourth-order valence-electron chi connectivity index (χ4n) is 2.09. The lowest BCUT2D eigenvalue weighted by atomic mass is 10.0. The van der Waals surface area contributed by atoms with Crippen LogP contribution in [0.1, 0.15) is 31.4 Å². The SMILES string of the molecule is CC(C)NCC(=O)CCc1ccc2c(c1)CCO2. The molecule has 0 atom stereocenters. The standard InChI is InChI=1S/C15H21NO2/c1-11(2)16-10-14(17)5-3-12-4-6-15-13(9-12)7-8-18-15/h4,6,9,11,16H,3,5,7-8,10H2,1-2H3. The van der Waals surface area contributed by atoms with Crippen molar-refractivity contribution < 1.29 is 9.53 Å². The first-order valence-corrected chi connectivity index (χ1v) is 6.65. The average Bonchev–Trinajstić information content (AvgIpc) is 2.81. The molecule has 0 saturated carbocycles. The summed E-state index contributed by atoms with van der Waals surface area (Å²) in [6, 6.07) is 6.62. The molecule has 98 valence electrons. The van der Waals surface area contributed by atoms with E-state index >= 15 is 0 Å². The van der Waals surface area contributed by atoms with Crippen molar-refractivity contribution in [3.63, 3.8) is 0 Å². The third kappa shape index (κ3) is 3.57. The first kappa shape index (κ1) is 13.1. The van der Waals surface area contributed by atoms with E-state index in [9.17, 15) is 4.79 Å². The third-order valence-electron chi connectivity index (χ3n) is 3.15. The van der Waals surface area contributed by atoms with Gasteiger partial charge >= 0.3 is 0 Å². The summed E-state index contributed by atoms with van der Waals surface area (Å²) >= 11 is 0. The Hall–Kier alpha value is -1.35. The molecule has 0 bridgehead atoms. The van der Waals surface area contributed by atoms with Gasteiger partial charge in [-0.3, -0.25) is 4.79 Å². The molecule has 0 fully saturated rings. The van der Waals surface area contributed by atoms with Gasteiger partial charge < -0.3 is 10.1 Å². The molecule has 0 aromatic heterocycles. The van der Waals surface area contributed by atoms with Gasteiger partial charge in [0.1, 0.15) is 11.5 Å². The van der Waals surface area contributed by atoms with Crippen LogP contribution in [0.3, 0.4) is 0 Å². The van der Waals surface area contributed by atoms with Crippen molar-refractivity contribution >= 4 is 5.78 Å². The van der Waals surface area contributed by atoms with Gasteiger partial charge in [0.05, 0.1) is 13.2 Å². The second kappa shape index (κ2) is 6.01. The average molecular weight is 247 g/mol. The van der Waals surface area contributed by atoms with Crippen LogP contribution in [0.25, 0.3) is 0 Å². The van der Waals surface area contributed by atoms with Crippen molar-refractivity contribution in [3.05, 3.63) is 29.3 Å². The molecule has 0 saturated heterocycles. The van der Waals surface area contributed by atoms with Crippen molar-refractivity contribution in [2.24, 2.45) is 0 Å². The zero-order valence-corrected chi connectivity index (χ0v) is 11.2. The summed E-state index contributed by atoms with van der Waals surface area (Å²) in [6.07, 6.45) is 2.43. The number of rotatable bonds is 6. The van der Waals surface area contributed by atoms with Crippen LogP contribution in [0.5, 0.6) is 5.75 Å². The van der Waals surface area contributed by atoms with Crippen LogP contribution in [-0.4, -0.2) is 25.0 Å². The molecule has 1 aliphatic rings. The number of Topliss-reactive ketones (excluding diaryl/α,β-unsaturated/α-hetero) is 1. The van der Waals surface area contributed by atoms with Gasteiger partial charge in [-0.15, -0.1) is 0 Å². The lowest BCUT2D eigenvalue weighted by Gasteiger charge is -2.07. The molecule has 0 spiro atoms. The third-order valence-corrected chi connectivity index (χ3v) is 3.15. The zero-order chi connectivity index (χ0) is 13.0. The van der Waals surface area contributed by atoms with Crippen molar-refractivity contribution in [3.8, 4) is 5.75 Å². The largest absolute Gasteiger partial charge is 0.493 e. The molecule has 1 N–H and O–H groups in total. The Morgan fingerprint density at radius 1 is 1.44 bits per heavy atom. The van der Waals surface area contributed by atoms with E-state index in [-0.39, 0.29) is 5.78 Å². The molecule has 0 unspecified atom stereocenters. The Kier molecular flexibility index (Phi) is 4.37. The number of aryl methyl sites for hydroxylation is 1. The molecule has 1 aliphatic heterocycles. The monoisotopic (exact) mass is 247 g/mol. The zero-order valence-electron chi connectivity index (χ0n) is 11.2. The summed E-state index contributed by atoms with van der Waals surface area (Å²) in [7, 11) is 0. The highest BCUT2D eigenvalue weighted by atomic mass is 16.5. The Morgan fingerprint density at radius 3 is 3.06 bits per heavy atom.